The van der Waals surface area contributed by atoms with Crippen LogP contribution in [0.15, 0.2) is 42.6 Å². The first kappa shape index (κ1) is 12.6. The Hall–Kier alpha value is -1.87. The molecule has 1 aromatic heterocycles. The number of rotatable bonds is 4. The highest BCUT2D eigenvalue weighted by molar-refractivity contribution is 5.59. The third kappa shape index (κ3) is 2.87. The summed E-state index contributed by atoms with van der Waals surface area (Å²) in [4.78, 5) is 6.57. The van der Waals surface area contributed by atoms with Gasteiger partial charge < -0.3 is 10.2 Å². The Balaban J connectivity index is 2.17. The molecule has 0 atom stereocenters. The molecule has 0 bridgehead atoms. The van der Waals surface area contributed by atoms with Crippen molar-refractivity contribution in [3.63, 3.8) is 0 Å². The molecule has 0 saturated heterocycles. The van der Waals surface area contributed by atoms with Crippen LogP contribution in [0, 0.1) is 6.92 Å². The van der Waals surface area contributed by atoms with Crippen molar-refractivity contribution in [2.24, 2.45) is 0 Å². The topological polar surface area (TPSA) is 28.2 Å². The molecule has 0 saturated carbocycles. The van der Waals surface area contributed by atoms with E-state index in [1.165, 1.54) is 11.1 Å². The number of aryl methyl sites for hydroxylation is 1. The predicted molar refractivity (Wildman–Crippen MR) is 76.2 cm³/mol. The summed E-state index contributed by atoms with van der Waals surface area (Å²) in [6.07, 6.45) is 1.91. The van der Waals surface area contributed by atoms with E-state index in [4.69, 9.17) is 0 Å². The van der Waals surface area contributed by atoms with Gasteiger partial charge >= 0.3 is 0 Å². The molecule has 0 aliphatic carbocycles. The van der Waals surface area contributed by atoms with E-state index in [0.717, 1.165) is 18.1 Å². The van der Waals surface area contributed by atoms with E-state index < -0.39 is 0 Å². The SMILES string of the molecule is CNCc1ccc(N(C)c2ccc(C)cc2)nc1. The van der Waals surface area contributed by atoms with Crippen molar-refractivity contribution in [1.29, 1.82) is 0 Å². The standard InChI is InChI=1S/C15H19N3/c1-12-4-7-14(8-5-12)18(3)15-9-6-13(10-16-2)11-17-15/h4-9,11,16H,10H2,1-3H3. The van der Waals surface area contributed by atoms with Crippen LogP contribution in [-0.4, -0.2) is 19.1 Å². The lowest BCUT2D eigenvalue weighted by Gasteiger charge is -2.18. The summed E-state index contributed by atoms with van der Waals surface area (Å²) in [6, 6.07) is 12.6. The second kappa shape index (κ2) is 5.65. The number of aromatic nitrogens is 1. The first-order valence-corrected chi connectivity index (χ1v) is 6.10. The second-order valence-electron chi connectivity index (χ2n) is 4.45. The maximum absolute atomic E-state index is 4.48. The minimum absolute atomic E-state index is 0.849. The summed E-state index contributed by atoms with van der Waals surface area (Å²) >= 11 is 0. The van der Waals surface area contributed by atoms with Gasteiger partial charge in [0, 0.05) is 25.5 Å². The maximum Gasteiger partial charge on any atom is 0.132 e. The van der Waals surface area contributed by atoms with E-state index in [1.807, 2.05) is 26.4 Å². The van der Waals surface area contributed by atoms with Crippen LogP contribution in [0.1, 0.15) is 11.1 Å². The zero-order valence-corrected chi connectivity index (χ0v) is 11.1. The normalized spacial score (nSPS) is 10.4. The number of benzene rings is 1. The lowest BCUT2D eigenvalue weighted by molar-refractivity contribution is 0.813. The van der Waals surface area contributed by atoms with E-state index in [1.54, 1.807) is 0 Å². The van der Waals surface area contributed by atoms with Gasteiger partial charge in [0.25, 0.3) is 0 Å². The maximum atomic E-state index is 4.48. The van der Waals surface area contributed by atoms with Gasteiger partial charge in [-0.15, -0.1) is 0 Å². The molecule has 2 rings (SSSR count). The monoisotopic (exact) mass is 241 g/mol. The van der Waals surface area contributed by atoms with Crippen molar-refractivity contribution in [1.82, 2.24) is 10.3 Å². The van der Waals surface area contributed by atoms with Crippen LogP contribution in [0.3, 0.4) is 0 Å². The van der Waals surface area contributed by atoms with E-state index in [0.29, 0.717) is 0 Å². The highest BCUT2D eigenvalue weighted by Crippen LogP contribution is 2.21. The summed E-state index contributed by atoms with van der Waals surface area (Å²) in [5, 5.41) is 3.12. The molecule has 0 fully saturated rings. The van der Waals surface area contributed by atoms with Crippen LogP contribution >= 0.6 is 0 Å². The summed E-state index contributed by atoms with van der Waals surface area (Å²) in [5.74, 6) is 0.957. The summed E-state index contributed by atoms with van der Waals surface area (Å²) in [5.41, 5.74) is 3.61. The van der Waals surface area contributed by atoms with E-state index in [2.05, 4.69) is 52.5 Å². The van der Waals surface area contributed by atoms with Crippen molar-refractivity contribution < 1.29 is 0 Å². The fourth-order valence-electron chi connectivity index (χ4n) is 1.82. The number of anilines is 2. The van der Waals surface area contributed by atoms with Gasteiger partial charge in [-0.1, -0.05) is 23.8 Å². The van der Waals surface area contributed by atoms with E-state index in [9.17, 15) is 0 Å². The molecule has 0 radical (unpaired) electrons. The van der Waals surface area contributed by atoms with E-state index >= 15 is 0 Å². The van der Waals surface area contributed by atoms with Gasteiger partial charge in [-0.2, -0.15) is 0 Å². The van der Waals surface area contributed by atoms with Crippen molar-refractivity contribution >= 4 is 11.5 Å². The van der Waals surface area contributed by atoms with Crippen molar-refractivity contribution in [2.45, 2.75) is 13.5 Å². The van der Waals surface area contributed by atoms with Crippen LogP contribution in [0.5, 0.6) is 0 Å². The molecule has 1 heterocycles. The molecule has 0 spiro atoms. The quantitative estimate of drug-likeness (QED) is 0.892. The summed E-state index contributed by atoms with van der Waals surface area (Å²) < 4.78 is 0. The molecule has 0 aliphatic rings. The minimum atomic E-state index is 0.849. The Bertz CT molecular complexity index is 488. The van der Waals surface area contributed by atoms with Gasteiger partial charge in [0.05, 0.1) is 0 Å². The van der Waals surface area contributed by atoms with Crippen LogP contribution in [0.4, 0.5) is 11.5 Å². The number of nitrogens with one attached hydrogen (secondary N) is 1. The molecule has 1 N–H and O–H groups in total. The van der Waals surface area contributed by atoms with Gasteiger partial charge in [-0.25, -0.2) is 4.98 Å². The molecule has 0 unspecified atom stereocenters. The molecule has 3 heteroatoms. The Morgan fingerprint density at radius 1 is 1.11 bits per heavy atom. The zero-order chi connectivity index (χ0) is 13.0. The molecule has 94 valence electrons. The fourth-order valence-corrected chi connectivity index (χ4v) is 1.82. The van der Waals surface area contributed by atoms with Gasteiger partial charge in [0.15, 0.2) is 0 Å². The Morgan fingerprint density at radius 2 is 1.83 bits per heavy atom. The third-order valence-electron chi connectivity index (χ3n) is 2.95. The third-order valence-corrected chi connectivity index (χ3v) is 2.95. The predicted octanol–water partition coefficient (Wildman–Crippen LogP) is 2.88. The number of hydrogen-bond donors (Lipinski definition) is 1. The van der Waals surface area contributed by atoms with Gasteiger partial charge in [-0.05, 0) is 37.7 Å². The Kier molecular flexibility index (Phi) is 3.95. The van der Waals surface area contributed by atoms with Gasteiger partial charge in [-0.3, -0.25) is 0 Å². The molecule has 18 heavy (non-hydrogen) atoms. The smallest absolute Gasteiger partial charge is 0.132 e. The largest absolute Gasteiger partial charge is 0.329 e. The second-order valence-corrected chi connectivity index (χ2v) is 4.45. The lowest BCUT2D eigenvalue weighted by atomic mass is 10.2. The first-order chi connectivity index (χ1) is 8.70. The van der Waals surface area contributed by atoms with Gasteiger partial charge in [0.2, 0.25) is 0 Å². The average molecular weight is 241 g/mol. The van der Waals surface area contributed by atoms with Crippen LogP contribution < -0.4 is 10.2 Å². The Labute approximate surface area is 108 Å². The number of hydrogen-bond acceptors (Lipinski definition) is 3. The first-order valence-electron chi connectivity index (χ1n) is 6.10. The van der Waals surface area contributed by atoms with Crippen molar-refractivity contribution in [2.75, 3.05) is 19.0 Å². The summed E-state index contributed by atoms with van der Waals surface area (Å²) in [7, 11) is 3.97. The van der Waals surface area contributed by atoms with Crippen molar-refractivity contribution in [3.05, 3.63) is 53.7 Å². The Morgan fingerprint density at radius 3 is 2.39 bits per heavy atom. The molecule has 1 aromatic carbocycles. The number of nitrogens with zero attached hydrogens (tertiary/aromatic N) is 2. The fraction of sp³-hybridized carbons (Fsp3) is 0.267. The average Bonchev–Trinajstić information content (AvgIpc) is 2.40. The van der Waals surface area contributed by atoms with Crippen LogP contribution in [0.2, 0.25) is 0 Å². The molecule has 3 nitrogen and oxygen atoms in total. The molecular formula is C15H19N3. The number of pyridine rings is 1. The zero-order valence-electron chi connectivity index (χ0n) is 11.1. The highest BCUT2D eigenvalue weighted by atomic mass is 15.2. The van der Waals surface area contributed by atoms with Crippen LogP contribution in [0.25, 0.3) is 0 Å². The highest BCUT2D eigenvalue weighted by Gasteiger charge is 2.04. The van der Waals surface area contributed by atoms with Crippen LogP contribution in [-0.2, 0) is 6.54 Å². The molecule has 0 amide bonds. The molecule has 2 aromatic rings. The summed E-state index contributed by atoms with van der Waals surface area (Å²) in [6.45, 7) is 2.94. The molecular weight excluding hydrogens is 222 g/mol. The minimum Gasteiger partial charge on any atom is -0.329 e. The van der Waals surface area contributed by atoms with E-state index in [-0.39, 0.29) is 0 Å². The molecule has 0 aliphatic heterocycles. The lowest BCUT2D eigenvalue weighted by Crippen LogP contribution is -2.12. The van der Waals surface area contributed by atoms with Crippen molar-refractivity contribution in [3.8, 4) is 0 Å². The van der Waals surface area contributed by atoms with Gasteiger partial charge in [0.1, 0.15) is 5.82 Å².